The van der Waals surface area contributed by atoms with E-state index in [9.17, 15) is 5.11 Å². The van der Waals surface area contributed by atoms with Crippen LogP contribution in [0.5, 0.6) is 0 Å². The zero-order valence-electron chi connectivity index (χ0n) is 13.9. The van der Waals surface area contributed by atoms with Crippen molar-refractivity contribution in [2.24, 2.45) is 0 Å². The van der Waals surface area contributed by atoms with Crippen molar-refractivity contribution >= 4 is 11.3 Å². The molecule has 0 aliphatic heterocycles. The molecule has 1 aromatic heterocycles. The number of aliphatic hydroxyl groups excluding tert-OH is 1. The Morgan fingerprint density at radius 3 is 2.45 bits per heavy atom. The van der Waals surface area contributed by atoms with Gasteiger partial charge in [0, 0.05) is 30.0 Å². The maximum Gasteiger partial charge on any atom is 0.0982 e. The van der Waals surface area contributed by atoms with Crippen molar-refractivity contribution in [3.8, 4) is 0 Å². The monoisotopic (exact) mass is 318 g/mol. The largest absolute Gasteiger partial charge is 0.396 e. The fourth-order valence-electron chi connectivity index (χ4n) is 2.53. The van der Waals surface area contributed by atoms with Gasteiger partial charge in [0.05, 0.1) is 10.7 Å². The molecule has 0 fully saturated rings. The molecule has 1 heterocycles. The van der Waals surface area contributed by atoms with Crippen LogP contribution in [0.4, 0.5) is 0 Å². The molecule has 0 radical (unpaired) electrons. The van der Waals surface area contributed by atoms with Crippen LogP contribution in [-0.4, -0.2) is 28.6 Å². The van der Waals surface area contributed by atoms with Crippen LogP contribution < -0.4 is 0 Å². The van der Waals surface area contributed by atoms with Crippen LogP contribution in [0, 0.1) is 0 Å². The highest BCUT2D eigenvalue weighted by Gasteiger charge is 2.21. The van der Waals surface area contributed by atoms with Gasteiger partial charge in [-0.05, 0) is 19.0 Å². The second-order valence-electron chi connectivity index (χ2n) is 6.75. The molecule has 22 heavy (non-hydrogen) atoms. The number of hydrogen-bond acceptors (Lipinski definition) is 4. The summed E-state index contributed by atoms with van der Waals surface area (Å²) in [4.78, 5) is 7.04. The number of aromatic nitrogens is 1. The minimum atomic E-state index is 0.103. The lowest BCUT2D eigenvalue weighted by molar-refractivity contribution is 0.179. The maximum atomic E-state index is 9.38. The number of benzene rings is 1. The molecule has 0 aliphatic rings. The van der Waals surface area contributed by atoms with Gasteiger partial charge in [0.25, 0.3) is 0 Å². The molecule has 0 saturated carbocycles. The SMILES string of the molecule is CN(Cc1csc(C(C)(C)C)n1)C(CCO)c1ccccc1. The van der Waals surface area contributed by atoms with Gasteiger partial charge in [-0.3, -0.25) is 4.90 Å². The van der Waals surface area contributed by atoms with Crippen molar-refractivity contribution < 1.29 is 5.11 Å². The predicted molar refractivity (Wildman–Crippen MR) is 93.2 cm³/mol. The van der Waals surface area contributed by atoms with Crippen LogP contribution in [-0.2, 0) is 12.0 Å². The molecule has 2 aromatic rings. The summed E-state index contributed by atoms with van der Waals surface area (Å²) in [7, 11) is 2.10. The average molecular weight is 318 g/mol. The van der Waals surface area contributed by atoms with E-state index >= 15 is 0 Å². The molecular formula is C18H26N2OS. The fourth-order valence-corrected chi connectivity index (χ4v) is 3.43. The highest BCUT2D eigenvalue weighted by atomic mass is 32.1. The maximum absolute atomic E-state index is 9.38. The zero-order valence-corrected chi connectivity index (χ0v) is 14.7. The first-order valence-corrected chi connectivity index (χ1v) is 8.60. The number of hydrogen-bond donors (Lipinski definition) is 1. The minimum Gasteiger partial charge on any atom is -0.396 e. The van der Waals surface area contributed by atoms with E-state index in [1.165, 1.54) is 10.6 Å². The van der Waals surface area contributed by atoms with Gasteiger partial charge < -0.3 is 5.11 Å². The zero-order chi connectivity index (χ0) is 16.2. The third-order valence-corrected chi connectivity index (χ3v) is 5.04. The van der Waals surface area contributed by atoms with Crippen LogP contribution >= 0.6 is 11.3 Å². The first kappa shape index (κ1) is 17.1. The molecule has 2 rings (SSSR count). The number of thiazole rings is 1. The average Bonchev–Trinajstić information content (AvgIpc) is 2.94. The van der Waals surface area contributed by atoms with E-state index in [2.05, 4.69) is 50.2 Å². The molecule has 0 aliphatic carbocycles. The van der Waals surface area contributed by atoms with Crippen LogP contribution in [0.15, 0.2) is 35.7 Å². The fraction of sp³-hybridized carbons (Fsp3) is 0.500. The van der Waals surface area contributed by atoms with E-state index in [4.69, 9.17) is 4.98 Å². The van der Waals surface area contributed by atoms with E-state index < -0.39 is 0 Å². The summed E-state index contributed by atoms with van der Waals surface area (Å²) in [5.74, 6) is 0. The Morgan fingerprint density at radius 2 is 1.91 bits per heavy atom. The number of rotatable bonds is 6. The molecule has 1 atom stereocenters. The van der Waals surface area contributed by atoms with Gasteiger partial charge >= 0.3 is 0 Å². The summed E-state index contributed by atoms with van der Waals surface area (Å²) in [6, 6.07) is 10.6. The lowest BCUT2D eigenvalue weighted by atomic mass is 9.98. The second-order valence-corrected chi connectivity index (χ2v) is 7.61. The summed E-state index contributed by atoms with van der Waals surface area (Å²) in [6.07, 6.45) is 0.733. The van der Waals surface area contributed by atoms with Gasteiger partial charge in [0.2, 0.25) is 0 Å². The number of nitrogens with zero attached hydrogens (tertiary/aromatic N) is 2. The van der Waals surface area contributed by atoms with Gasteiger partial charge in [0.1, 0.15) is 0 Å². The smallest absolute Gasteiger partial charge is 0.0982 e. The van der Waals surface area contributed by atoms with Gasteiger partial charge in [-0.1, -0.05) is 51.1 Å². The lowest BCUT2D eigenvalue weighted by Crippen LogP contribution is -2.25. The third kappa shape index (κ3) is 4.38. The van der Waals surface area contributed by atoms with Crippen molar-refractivity contribution in [2.45, 2.75) is 45.2 Å². The number of aliphatic hydroxyl groups is 1. The molecule has 0 bridgehead atoms. The Kier molecular flexibility index (Phi) is 5.73. The summed E-state index contributed by atoms with van der Waals surface area (Å²) < 4.78 is 0. The van der Waals surface area contributed by atoms with E-state index in [0.29, 0.717) is 0 Å². The molecular weight excluding hydrogens is 292 g/mol. The second kappa shape index (κ2) is 7.36. The Morgan fingerprint density at radius 1 is 1.23 bits per heavy atom. The normalized spacial score (nSPS) is 13.5. The van der Waals surface area contributed by atoms with Gasteiger partial charge in [-0.25, -0.2) is 4.98 Å². The first-order chi connectivity index (χ1) is 10.4. The molecule has 0 spiro atoms. The lowest BCUT2D eigenvalue weighted by Gasteiger charge is -2.27. The van der Waals surface area contributed by atoms with Crippen LogP contribution in [0.1, 0.15) is 49.5 Å². The minimum absolute atomic E-state index is 0.103. The molecule has 0 amide bonds. The summed E-state index contributed by atoms with van der Waals surface area (Å²) in [5, 5.41) is 12.7. The van der Waals surface area contributed by atoms with E-state index in [1.807, 2.05) is 18.2 Å². The molecule has 1 unspecified atom stereocenters. The Balaban J connectivity index is 2.11. The van der Waals surface area contributed by atoms with Crippen molar-refractivity contribution in [2.75, 3.05) is 13.7 Å². The molecule has 0 saturated heterocycles. The summed E-state index contributed by atoms with van der Waals surface area (Å²) in [5.41, 5.74) is 2.45. The Bertz CT molecular complexity index is 574. The van der Waals surface area contributed by atoms with Crippen molar-refractivity contribution in [3.05, 3.63) is 52.0 Å². The quantitative estimate of drug-likeness (QED) is 0.874. The third-order valence-electron chi connectivity index (χ3n) is 3.72. The highest BCUT2D eigenvalue weighted by molar-refractivity contribution is 7.09. The summed E-state index contributed by atoms with van der Waals surface area (Å²) in [6.45, 7) is 7.56. The highest BCUT2D eigenvalue weighted by Crippen LogP contribution is 2.28. The van der Waals surface area contributed by atoms with E-state index in [1.54, 1.807) is 11.3 Å². The van der Waals surface area contributed by atoms with Crippen LogP contribution in [0.3, 0.4) is 0 Å². The van der Waals surface area contributed by atoms with Gasteiger partial charge in [0.15, 0.2) is 0 Å². The van der Waals surface area contributed by atoms with Crippen molar-refractivity contribution in [1.82, 2.24) is 9.88 Å². The predicted octanol–water partition coefficient (Wildman–Crippen LogP) is 4.00. The van der Waals surface area contributed by atoms with Gasteiger partial charge in [-0.15, -0.1) is 11.3 Å². The van der Waals surface area contributed by atoms with Gasteiger partial charge in [-0.2, -0.15) is 0 Å². The molecule has 120 valence electrons. The van der Waals surface area contributed by atoms with E-state index in [-0.39, 0.29) is 18.1 Å². The molecule has 1 aromatic carbocycles. The molecule has 3 nitrogen and oxygen atoms in total. The molecule has 1 N–H and O–H groups in total. The van der Waals surface area contributed by atoms with Crippen molar-refractivity contribution in [1.29, 1.82) is 0 Å². The van der Waals surface area contributed by atoms with Crippen LogP contribution in [0.25, 0.3) is 0 Å². The van der Waals surface area contributed by atoms with Crippen LogP contribution in [0.2, 0.25) is 0 Å². The first-order valence-electron chi connectivity index (χ1n) is 7.72. The summed E-state index contributed by atoms with van der Waals surface area (Å²) >= 11 is 1.73. The standard InChI is InChI=1S/C18H26N2OS/c1-18(2,3)17-19-15(13-22-17)12-20(4)16(10-11-21)14-8-6-5-7-9-14/h5-9,13,16,21H,10-12H2,1-4H3. The molecule has 4 heteroatoms. The Labute approximate surface area is 137 Å². The Hall–Kier alpha value is -1.23. The topological polar surface area (TPSA) is 36.4 Å². The van der Waals surface area contributed by atoms with E-state index in [0.717, 1.165) is 18.7 Å². The van der Waals surface area contributed by atoms with Crippen molar-refractivity contribution in [3.63, 3.8) is 0 Å².